The van der Waals surface area contributed by atoms with Crippen LogP contribution in [0.2, 0.25) is 0 Å². The van der Waals surface area contributed by atoms with E-state index in [1.165, 1.54) is 19.4 Å². The van der Waals surface area contributed by atoms with Gasteiger partial charge in [0.1, 0.15) is 36.3 Å². The second kappa shape index (κ2) is 18.1. The standard InChI is InChI=1S/C30H39N9O11/c1-14(25(44)36-20(28(47)39-23(12-41)30(49)50)6-15-9-33-19-5-3-2-4-17(15)19)35-27(46)21(7-16-10-32-13-34-16)38-29(48)22(8-24(42)43)37-26(45)18(31)11-40/h2-5,9-10,13-14,18,20-23,33,40-41H,6-8,11-12,31H2,1H3,(H,32,34)(H,35,46)(H,36,44)(H,37,45)(H,38,48)(H,39,47)(H,42,43)(H,49,50)/t14-,18-,20-,21-,22-,23-/m0/s1. The number of nitrogens with one attached hydrogen (secondary N) is 7. The van der Waals surface area contributed by atoms with Crippen molar-refractivity contribution in [1.29, 1.82) is 0 Å². The maximum Gasteiger partial charge on any atom is 0.328 e. The van der Waals surface area contributed by atoms with Crippen LogP contribution in [-0.4, -0.2) is 126 Å². The van der Waals surface area contributed by atoms with Crippen LogP contribution in [0.25, 0.3) is 10.9 Å². The minimum atomic E-state index is -1.70. The lowest BCUT2D eigenvalue weighted by Gasteiger charge is -2.25. The number of rotatable bonds is 19. The fraction of sp³-hybridized carbons (Fsp3) is 0.400. The molecule has 0 aliphatic carbocycles. The highest BCUT2D eigenvalue weighted by Gasteiger charge is 2.33. The lowest BCUT2D eigenvalue weighted by atomic mass is 10.0. The molecule has 3 rings (SSSR count). The Hall–Kier alpha value is -5.86. The number of nitrogens with two attached hydrogens (primary N) is 1. The summed E-state index contributed by atoms with van der Waals surface area (Å²) in [5, 5.41) is 49.4. The van der Waals surface area contributed by atoms with Gasteiger partial charge in [0, 0.05) is 41.8 Å². The summed E-state index contributed by atoms with van der Waals surface area (Å²) in [5.74, 6) is -7.82. The smallest absolute Gasteiger partial charge is 0.328 e. The summed E-state index contributed by atoms with van der Waals surface area (Å²) in [6.45, 7) is -0.430. The molecule has 0 bridgehead atoms. The molecule has 0 spiro atoms. The number of aliphatic hydroxyl groups is 2. The van der Waals surface area contributed by atoms with Crippen molar-refractivity contribution in [2.45, 2.75) is 62.4 Å². The number of hydrogen-bond acceptors (Lipinski definition) is 11. The molecule has 20 heteroatoms. The summed E-state index contributed by atoms with van der Waals surface area (Å²) in [6, 6.07) is -1.89. The Bertz CT molecular complexity index is 1680. The number of amides is 5. The van der Waals surface area contributed by atoms with Gasteiger partial charge in [-0.3, -0.25) is 28.8 Å². The fourth-order valence-corrected chi connectivity index (χ4v) is 4.71. The van der Waals surface area contributed by atoms with Gasteiger partial charge in [0.25, 0.3) is 0 Å². The average Bonchev–Trinajstić information content (AvgIpc) is 3.75. The minimum Gasteiger partial charge on any atom is -0.481 e. The summed E-state index contributed by atoms with van der Waals surface area (Å²) >= 11 is 0. The molecule has 0 aliphatic rings. The quantitative estimate of drug-likeness (QED) is 0.0568. The van der Waals surface area contributed by atoms with E-state index in [4.69, 9.17) is 10.8 Å². The second-order valence-electron chi connectivity index (χ2n) is 11.2. The molecule has 2 heterocycles. The fourth-order valence-electron chi connectivity index (χ4n) is 4.71. The number of aliphatic carboxylic acids is 2. The van der Waals surface area contributed by atoms with E-state index < -0.39 is 97.4 Å². The summed E-state index contributed by atoms with van der Waals surface area (Å²) in [5.41, 5.74) is 7.15. The topological polar surface area (TPSA) is 331 Å². The zero-order valence-electron chi connectivity index (χ0n) is 26.7. The number of carboxylic acid groups (broad SMARTS) is 2. The van der Waals surface area contributed by atoms with E-state index in [-0.39, 0.29) is 12.8 Å². The lowest BCUT2D eigenvalue weighted by molar-refractivity contribution is -0.143. The summed E-state index contributed by atoms with van der Waals surface area (Å²) in [4.78, 5) is 97.9. The first-order chi connectivity index (χ1) is 23.7. The van der Waals surface area contributed by atoms with E-state index in [9.17, 15) is 48.9 Å². The van der Waals surface area contributed by atoms with Gasteiger partial charge in [0.2, 0.25) is 29.5 Å². The second-order valence-corrected chi connectivity index (χ2v) is 11.2. The van der Waals surface area contributed by atoms with Crippen LogP contribution in [0.5, 0.6) is 0 Å². The van der Waals surface area contributed by atoms with Gasteiger partial charge in [-0.2, -0.15) is 0 Å². The van der Waals surface area contributed by atoms with Crippen molar-refractivity contribution in [3.8, 4) is 0 Å². The zero-order valence-corrected chi connectivity index (χ0v) is 26.7. The van der Waals surface area contributed by atoms with Gasteiger partial charge in [-0.05, 0) is 18.6 Å². The van der Waals surface area contributed by atoms with Gasteiger partial charge < -0.3 is 62.7 Å². The zero-order chi connectivity index (χ0) is 37.0. The molecule has 0 saturated carbocycles. The molecular weight excluding hydrogens is 662 g/mol. The van der Waals surface area contributed by atoms with Crippen molar-refractivity contribution in [3.05, 3.63) is 54.2 Å². The molecule has 1 aromatic carbocycles. The Morgan fingerprint density at radius 1 is 0.760 bits per heavy atom. The van der Waals surface area contributed by atoms with Crippen LogP contribution in [0.15, 0.2) is 43.0 Å². The summed E-state index contributed by atoms with van der Waals surface area (Å²) in [7, 11) is 0. The Morgan fingerprint density at radius 2 is 1.36 bits per heavy atom. The number of aliphatic hydroxyl groups excluding tert-OH is 2. The van der Waals surface area contributed by atoms with Crippen molar-refractivity contribution in [2.75, 3.05) is 13.2 Å². The van der Waals surface area contributed by atoms with Crippen LogP contribution >= 0.6 is 0 Å². The molecule has 0 unspecified atom stereocenters. The first kappa shape index (κ1) is 38.6. The number of H-pyrrole nitrogens is 2. The van der Waals surface area contributed by atoms with Crippen LogP contribution < -0.4 is 32.3 Å². The molecule has 5 amide bonds. The normalized spacial score (nSPS) is 14.6. The highest BCUT2D eigenvalue weighted by atomic mass is 16.4. The Morgan fingerprint density at radius 3 is 1.98 bits per heavy atom. The Balaban J connectivity index is 1.79. The van der Waals surface area contributed by atoms with E-state index >= 15 is 0 Å². The first-order valence-corrected chi connectivity index (χ1v) is 15.2. The molecule has 0 radical (unpaired) electrons. The summed E-state index contributed by atoms with van der Waals surface area (Å²) < 4.78 is 0. The van der Waals surface area contributed by atoms with Crippen molar-refractivity contribution in [1.82, 2.24) is 41.5 Å². The van der Waals surface area contributed by atoms with Gasteiger partial charge in [0.05, 0.1) is 26.0 Å². The van der Waals surface area contributed by atoms with Gasteiger partial charge >= 0.3 is 11.9 Å². The molecule has 50 heavy (non-hydrogen) atoms. The number of carboxylic acids is 2. The number of nitrogens with zero attached hydrogens (tertiary/aromatic N) is 1. The number of carbonyl (C=O) groups excluding carboxylic acids is 5. The monoisotopic (exact) mass is 701 g/mol. The van der Waals surface area contributed by atoms with Gasteiger partial charge in [-0.25, -0.2) is 9.78 Å². The number of imidazole rings is 1. The predicted molar refractivity (Wildman–Crippen MR) is 172 cm³/mol. The lowest BCUT2D eigenvalue weighted by Crippen LogP contribution is -2.59. The van der Waals surface area contributed by atoms with Crippen LogP contribution in [0.1, 0.15) is 24.6 Å². The molecule has 6 atom stereocenters. The molecule has 2 aromatic heterocycles. The van der Waals surface area contributed by atoms with Crippen LogP contribution in [0, 0.1) is 0 Å². The molecular formula is C30H39N9O11. The largest absolute Gasteiger partial charge is 0.481 e. The van der Waals surface area contributed by atoms with Crippen LogP contribution in [0.3, 0.4) is 0 Å². The maximum atomic E-state index is 13.4. The molecule has 270 valence electrons. The number of aromatic nitrogens is 3. The maximum absolute atomic E-state index is 13.4. The average molecular weight is 702 g/mol. The van der Waals surface area contributed by atoms with Crippen LogP contribution in [-0.2, 0) is 46.4 Å². The van der Waals surface area contributed by atoms with Gasteiger partial charge in [-0.15, -0.1) is 0 Å². The van der Waals surface area contributed by atoms with E-state index in [0.717, 1.165) is 10.9 Å². The van der Waals surface area contributed by atoms with E-state index in [1.807, 2.05) is 0 Å². The Labute approximate surface area is 283 Å². The number of aromatic amines is 2. The number of fused-ring (bicyclic) bond motifs is 1. The molecule has 0 aliphatic heterocycles. The number of hydrogen-bond donors (Lipinski definition) is 12. The highest BCUT2D eigenvalue weighted by Crippen LogP contribution is 2.19. The minimum absolute atomic E-state index is 0.116. The SMILES string of the molecule is C[C@H](NC(=O)[C@H](Cc1cnc[nH]1)NC(=O)[C@H](CC(=O)O)NC(=O)[C@@H](N)CO)C(=O)N[C@@H](Cc1c[nH]c2ccccc12)C(=O)N[C@@H](CO)C(=O)O. The van der Waals surface area contributed by atoms with Crippen molar-refractivity contribution in [3.63, 3.8) is 0 Å². The molecule has 20 nitrogen and oxygen atoms in total. The molecule has 13 N–H and O–H groups in total. The van der Waals surface area contributed by atoms with Gasteiger partial charge in [-0.1, -0.05) is 18.2 Å². The molecule has 0 saturated heterocycles. The number of benzene rings is 1. The third-order valence-corrected chi connectivity index (χ3v) is 7.44. The van der Waals surface area contributed by atoms with Crippen molar-refractivity contribution in [2.24, 2.45) is 5.73 Å². The van der Waals surface area contributed by atoms with Gasteiger partial charge in [0.15, 0.2) is 0 Å². The number of para-hydroxylation sites is 1. The number of carbonyl (C=O) groups is 7. The van der Waals surface area contributed by atoms with Crippen molar-refractivity contribution >= 4 is 52.4 Å². The third kappa shape index (κ3) is 10.8. The van der Waals surface area contributed by atoms with E-state index in [0.29, 0.717) is 11.3 Å². The molecule has 0 fully saturated rings. The van der Waals surface area contributed by atoms with Crippen LogP contribution in [0.4, 0.5) is 0 Å². The van der Waals surface area contributed by atoms with Crippen molar-refractivity contribution < 1.29 is 54.0 Å². The predicted octanol–water partition coefficient (Wildman–Crippen LogP) is -4.01. The third-order valence-electron chi connectivity index (χ3n) is 7.44. The molecule has 3 aromatic rings. The van der Waals surface area contributed by atoms with E-state index in [2.05, 4.69) is 41.5 Å². The van der Waals surface area contributed by atoms with E-state index in [1.54, 1.807) is 30.5 Å². The summed E-state index contributed by atoms with van der Waals surface area (Å²) in [6.07, 6.45) is 3.03. The first-order valence-electron chi connectivity index (χ1n) is 15.2. The highest BCUT2D eigenvalue weighted by molar-refractivity contribution is 5.97. The Kier molecular flexibility index (Phi) is 13.9.